The highest BCUT2D eigenvalue weighted by Crippen LogP contribution is 2.30. The van der Waals surface area contributed by atoms with E-state index in [-0.39, 0.29) is 41.6 Å². The molecule has 1 N–H and O–H groups in total. The first-order valence-electron chi connectivity index (χ1n) is 11.0. The Kier molecular flexibility index (Phi) is 6.43. The van der Waals surface area contributed by atoms with Gasteiger partial charge >= 0.3 is 0 Å². The summed E-state index contributed by atoms with van der Waals surface area (Å²) in [5.41, 5.74) is 0.616. The van der Waals surface area contributed by atoms with E-state index in [0.29, 0.717) is 37.2 Å². The Labute approximate surface area is 178 Å². The van der Waals surface area contributed by atoms with E-state index in [9.17, 15) is 18.0 Å². The molecule has 1 saturated heterocycles. The number of ether oxygens (including phenoxy) is 1. The molecule has 0 aromatic heterocycles. The van der Waals surface area contributed by atoms with Gasteiger partial charge in [0.25, 0.3) is 0 Å². The summed E-state index contributed by atoms with van der Waals surface area (Å²) in [6.07, 6.45) is 8.17. The van der Waals surface area contributed by atoms with Gasteiger partial charge in [-0.1, -0.05) is 25.7 Å². The van der Waals surface area contributed by atoms with Crippen molar-refractivity contribution in [1.82, 2.24) is 9.62 Å². The van der Waals surface area contributed by atoms with E-state index in [4.69, 9.17) is 4.74 Å². The van der Waals surface area contributed by atoms with Crippen LogP contribution in [-0.2, 0) is 26.0 Å². The summed E-state index contributed by atoms with van der Waals surface area (Å²) in [5, 5.41) is 3.20. The van der Waals surface area contributed by atoms with Crippen LogP contribution in [-0.4, -0.2) is 50.2 Å². The Bertz CT molecular complexity index is 898. The van der Waals surface area contributed by atoms with Gasteiger partial charge in [0.05, 0.1) is 4.90 Å². The zero-order chi connectivity index (χ0) is 21.1. The fourth-order valence-electron chi connectivity index (χ4n) is 4.67. The zero-order valence-electron chi connectivity index (χ0n) is 17.3. The minimum absolute atomic E-state index is 0.0372. The van der Waals surface area contributed by atoms with Gasteiger partial charge in [0.2, 0.25) is 15.9 Å². The summed E-state index contributed by atoms with van der Waals surface area (Å²) < 4.78 is 33.0. The molecule has 1 aromatic rings. The van der Waals surface area contributed by atoms with Crippen LogP contribution in [0.1, 0.15) is 56.9 Å². The highest BCUT2D eigenvalue weighted by atomic mass is 32.2. The average molecular weight is 435 g/mol. The molecule has 1 saturated carbocycles. The molecule has 3 aliphatic rings. The molecule has 2 heterocycles. The fourth-order valence-corrected chi connectivity index (χ4v) is 6.19. The van der Waals surface area contributed by atoms with Gasteiger partial charge in [-0.05, 0) is 43.9 Å². The maximum Gasteiger partial charge on any atom is 0.243 e. The number of carbonyl (C=O) groups excluding carboxylic acids is 2. The second-order valence-electron chi connectivity index (χ2n) is 8.65. The van der Waals surface area contributed by atoms with Gasteiger partial charge in [0, 0.05) is 37.0 Å². The minimum Gasteiger partial charge on any atom is -0.486 e. The van der Waals surface area contributed by atoms with Crippen LogP contribution in [0.15, 0.2) is 23.1 Å². The Hall–Kier alpha value is -1.93. The maximum atomic E-state index is 13.1. The summed E-state index contributed by atoms with van der Waals surface area (Å²) in [7, 11) is -3.66. The molecule has 0 bridgehead atoms. The van der Waals surface area contributed by atoms with Crippen molar-refractivity contribution in [3.05, 3.63) is 23.8 Å². The number of sulfonamides is 1. The SMILES string of the molecule is O=C1COc2ccc(S(=O)(=O)N3CCC(C(=O)NC4CCCCCC4)CC3)cc2C1. The largest absolute Gasteiger partial charge is 0.486 e. The van der Waals surface area contributed by atoms with E-state index in [1.54, 1.807) is 12.1 Å². The molecule has 8 heteroatoms. The lowest BCUT2D eigenvalue weighted by molar-refractivity contribution is -0.127. The topological polar surface area (TPSA) is 92.8 Å². The number of nitrogens with zero attached hydrogens (tertiary/aromatic N) is 1. The second kappa shape index (κ2) is 9.06. The third-order valence-corrected chi connectivity index (χ3v) is 8.37. The van der Waals surface area contributed by atoms with E-state index in [2.05, 4.69) is 5.32 Å². The predicted molar refractivity (Wildman–Crippen MR) is 112 cm³/mol. The average Bonchev–Trinajstić information content (AvgIpc) is 3.02. The number of benzene rings is 1. The summed E-state index contributed by atoms with van der Waals surface area (Å²) in [6, 6.07) is 4.98. The molecule has 1 aliphatic carbocycles. The van der Waals surface area contributed by atoms with E-state index in [1.165, 1.54) is 36.1 Å². The molecule has 2 aliphatic heterocycles. The summed E-state index contributed by atoms with van der Waals surface area (Å²) in [5.74, 6) is 0.456. The highest BCUT2D eigenvalue weighted by molar-refractivity contribution is 7.89. The molecule has 7 nitrogen and oxygen atoms in total. The van der Waals surface area contributed by atoms with Crippen LogP contribution in [0.2, 0.25) is 0 Å². The van der Waals surface area contributed by atoms with Gasteiger partial charge in [0.15, 0.2) is 5.78 Å². The van der Waals surface area contributed by atoms with Crippen molar-refractivity contribution in [2.75, 3.05) is 19.7 Å². The highest BCUT2D eigenvalue weighted by Gasteiger charge is 2.33. The Balaban J connectivity index is 1.36. The molecular weight excluding hydrogens is 404 g/mol. The Morgan fingerprint density at radius 2 is 1.73 bits per heavy atom. The predicted octanol–water partition coefficient (Wildman–Crippen LogP) is 2.43. The Morgan fingerprint density at radius 3 is 2.43 bits per heavy atom. The van der Waals surface area contributed by atoms with Crippen molar-refractivity contribution in [2.24, 2.45) is 5.92 Å². The van der Waals surface area contributed by atoms with Crippen molar-refractivity contribution in [3.8, 4) is 5.75 Å². The molecule has 30 heavy (non-hydrogen) atoms. The third-order valence-electron chi connectivity index (χ3n) is 6.47. The van der Waals surface area contributed by atoms with Crippen LogP contribution in [0.3, 0.4) is 0 Å². The number of hydrogen-bond acceptors (Lipinski definition) is 5. The standard InChI is InChI=1S/C22H30N2O5S/c25-19-13-17-14-20(7-8-21(17)29-15-19)30(27,28)24-11-9-16(10-12-24)22(26)23-18-5-3-1-2-4-6-18/h7-8,14,16,18H,1-6,9-13,15H2,(H,23,26). The normalized spacial score (nSPS) is 22.1. The monoisotopic (exact) mass is 434 g/mol. The first kappa shape index (κ1) is 21.3. The van der Waals surface area contributed by atoms with Crippen molar-refractivity contribution in [1.29, 1.82) is 0 Å². The Morgan fingerprint density at radius 1 is 1.03 bits per heavy atom. The van der Waals surface area contributed by atoms with E-state index >= 15 is 0 Å². The number of piperidine rings is 1. The van der Waals surface area contributed by atoms with Crippen LogP contribution in [0.4, 0.5) is 0 Å². The first-order valence-corrected chi connectivity index (χ1v) is 12.5. The molecule has 0 radical (unpaired) electrons. The van der Waals surface area contributed by atoms with Crippen molar-refractivity contribution in [3.63, 3.8) is 0 Å². The number of amides is 1. The van der Waals surface area contributed by atoms with Crippen LogP contribution in [0, 0.1) is 5.92 Å². The summed E-state index contributed by atoms with van der Waals surface area (Å²) in [6.45, 7) is 0.699. The maximum absolute atomic E-state index is 13.1. The molecule has 1 aromatic carbocycles. The number of rotatable bonds is 4. The first-order chi connectivity index (χ1) is 14.4. The fraction of sp³-hybridized carbons (Fsp3) is 0.636. The second-order valence-corrected chi connectivity index (χ2v) is 10.6. The van der Waals surface area contributed by atoms with Crippen LogP contribution >= 0.6 is 0 Å². The molecule has 0 unspecified atom stereocenters. The van der Waals surface area contributed by atoms with E-state index < -0.39 is 10.0 Å². The lowest BCUT2D eigenvalue weighted by atomic mass is 9.96. The van der Waals surface area contributed by atoms with Gasteiger partial charge in [-0.25, -0.2) is 8.42 Å². The van der Waals surface area contributed by atoms with E-state index in [0.717, 1.165) is 12.8 Å². The van der Waals surface area contributed by atoms with Crippen molar-refractivity contribution < 1.29 is 22.7 Å². The number of ketones is 1. The third kappa shape index (κ3) is 4.70. The lowest BCUT2D eigenvalue weighted by Crippen LogP contribution is -2.45. The van der Waals surface area contributed by atoms with Gasteiger partial charge < -0.3 is 10.1 Å². The number of Topliss-reactive ketones (excluding diaryl/α,β-unsaturated/α-hetero) is 1. The van der Waals surface area contributed by atoms with Crippen LogP contribution < -0.4 is 10.1 Å². The molecular formula is C22H30N2O5S. The molecule has 164 valence electrons. The van der Waals surface area contributed by atoms with E-state index in [1.807, 2.05) is 0 Å². The number of nitrogens with one attached hydrogen (secondary N) is 1. The minimum atomic E-state index is -3.66. The molecule has 0 spiro atoms. The van der Waals surface area contributed by atoms with Gasteiger partial charge in [0.1, 0.15) is 12.4 Å². The van der Waals surface area contributed by atoms with Gasteiger partial charge in [-0.3, -0.25) is 9.59 Å². The smallest absolute Gasteiger partial charge is 0.243 e. The zero-order valence-corrected chi connectivity index (χ0v) is 18.1. The van der Waals surface area contributed by atoms with Crippen LogP contribution in [0.5, 0.6) is 5.75 Å². The number of fused-ring (bicyclic) bond motifs is 1. The summed E-state index contributed by atoms with van der Waals surface area (Å²) >= 11 is 0. The number of hydrogen-bond donors (Lipinski definition) is 1. The van der Waals surface area contributed by atoms with Crippen LogP contribution in [0.25, 0.3) is 0 Å². The molecule has 0 atom stereocenters. The quantitative estimate of drug-likeness (QED) is 0.735. The van der Waals surface area contributed by atoms with Crippen molar-refractivity contribution >= 4 is 21.7 Å². The molecule has 4 rings (SSSR count). The molecule has 1 amide bonds. The lowest BCUT2D eigenvalue weighted by Gasteiger charge is -2.31. The summed E-state index contributed by atoms with van der Waals surface area (Å²) in [4.78, 5) is 24.5. The van der Waals surface area contributed by atoms with Crippen molar-refractivity contribution in [2.45, 2.75) is 68.7 Å². The van der Waals surface area contributed by atoms with Gasteiger partial charge in [-0.2, -0.15) is 4.31 Å². The molecule has 2 fully saturated rings. The van der Waals surface area contributed by atoms with Gasteiger partial charge in [-0.15, -0.1) is 0 Å². The number of carbonyl (C=O) groups is 2.